The number of anilines is 3. The molecule has 0 spiro atoms. The van der Waals surface area contributed by atoms with Gasteiger partial charge in [0.05, 0.1) is 11.1 Å². The van der Waals surface area contributed by atoms with Gasteiger partial charge in [0.25, 0.3) is 0 Å². The smallest absolute Gasteiger partial charge is 0.159 e. The van der Waals surface area contributed by atoms with E-state index in [2.05, 4.69) is 193 Å². The third-order valence-electron chi connectivity index (χ3n) is 10.6. The Kier molecular flexibility index (Phi) is 6.75. The summed E-state index contributed by atoms with van der Waals surface area (Å²) >= 11 is 0. The Labute approximate surface area is 297 Å². The van der Waals surface area contributed by atoms with Gasteiger partial charge in [-0.3, -0.25) is 0 Å². The summed E-state index contributed by atoms with van der Waals surface area (Å²) in [7, 11) is 0. The van der Waals surface area contributed by atoms with E-state index in [1.807, 2.05) is 12.1 Å². The molecule has 9 aromatic rings. The number of rotatable bonds is 6. The Bertz CT molecular complexity index is 2630. The van der Waals surface area contributed by atoms with Crippen LogP contribution in [0.4, 0.5) is 17.1 Å². The van der Waals surface area contributed by atoms with Crippen LogP contribution in [0.5, 0.6) is 0 Å². The first-order chi connectivity index (χ1) is 25.3. The lowest BCUT2D eigenvalue weighted by molar-refractivity contribution is 0.669. The van der Waals surface area contributed by atoms with Gasteiger partial charge in [-0.25, -0.2) is 0 Å². The van der Waals surface area contributed by atoms with Crippen LogP contribution in [0.2, 0.25) is 0 Å². The van der Waals surface area contributed by atoms with E-state index in [4.69, 9.17) is 4.42 Å². The van der Waals surface area contributed by atoms with Gasteiger partial charge < -0.3 is 9.32 Å². The van der Waals surface area contributed by atoms with Crippen LogP contribution in [0, 0.1) is 0 Å². The van der Waals surface area contributed by atoms with Crippen molar-refractivity contribution in [2.75, 3.05) is 4.90 Å². The average molecular weight is 652 g/mol. The highest BCUT2D eigenvalue weighted by Crippen LogP contribution is 2.56. The van der Waals surface area contributed by atoms with Crippen LogP contribution < -0.4 is 4.90 Å². The highest BCUT2D eigenvalue weighted by molar-refractivity contribution is 6.10. The van der Waals surface area contributed by atoms with Crippen LogP contribution >= 0.6 is 0 Å². The molecule has 1 aliphatic carbocycles. The molecule has 0 amide bonds. The SMILES string of the molecule is c1ccc(-c2ccc(N(c3ccc(C4(c5ccccc5)c5ccccc5-c5ccccc54)cc3)c3cccc4c3oc3ccccc34)cc2)cc1. The highest BCUT2D eigenvalue weighted by Gasteiger charge is 2.45. The van der Waals surface area contributed by atoms with E-state index < -0.39 is 5.41 Å². The van der Waals surface area contributed by atoms with Crippen molar-refractivity contribution in [3.8, 4) is 22.3 Å². The van der Waals surface area contributed by atoms with Crippen LogP contribution in [0.1, 0.15) is 22.3 Å². The van der Waals surface area contributed by atoms with Crippen LogP contribution in [-0.2, 0) is 5.41 Å². The zero-order valence-electron chi connectivity index (χ0n) is 27.9. The Balaban J connectivity index is 1.17. The second-order valence-electron chi connectivity index (χ2n) is 13.3. The third kappa shape index (κ3) is 4.50. The second kappa shape index (κ2) is 11.8. The number of furan rings is 1. The standard InChI is InChI=1S/C49H33NO/c1-3-14-34(15-4-1)35-26-30-38(31-27-35)50(46-24-13-21-43-42-20-9-12-25-47(42)51-48(43)46)39-32-28-37(29-33-39)49(36-16-5-2-6-17-36)44-22-10-7-18-40(44)41-19-8-11-23-45(41)49/h1-33H. The highest BCUT2D eigenvalue weighted by atomic mass is 16.3. The van der Waals surface area contributed by atoms with Crippen molar-refractivity contribution < 1.29 is 4.42 Å². The summed E-state index contributed by atoms with van der Waals surface area (Å²) in [5.74, 6) is 0. The molecule has 0 aliphatic heterocycles. The van der Waals surface area contributed by atoms with E-state index in [0.29, 0.717) is 0 Å². The van der Waals surface area contributed by atoms with Gasteiger partial charge in [-0.2, -0.15) is 0 Å². The topological polar surface area (TPSA) is 16.4 Å². The summed E-state index contributed by atoms with van der Waals surface area (Å²) in [6, 6.07) is 72.1. The molecule has 10 rings (SSSR count). The van der Waals surface area contributed by atoms with E-state index in [1.54, 1.807) is 0 Å². The fraction of sp³-hybridized carbons (Fsp3) is 0.0204. The number of hydrogen-bond acceptors (Lipinski definition) is 2. The molecule has 240 valence electrons. The minimum Gasteiger partial charge on any atom is -0.454 e. The maximum Gasteiger partial charge on any atom is 0.159 e. The monoisotopic (exact) mass is 651 g/mol. The summed E-state index contributed by atoms with van der Waals surface area (Å²) in [6.07, 6.45) is 0. The van der Waals surface area contributed by atoms with Crippen molar-refractivity contribution in [1.82, 2.24) is 0 Å². The van der Waals surface area contributed by atoms with Crippen molar-refractivity contribution in [3.63, 3.8) is 0 Å². The summed E-state index contributed by atoms with van der Waals surface area (Å²) < 4.78 is 6.62. The molecule has 0 unspecified atom stereocenters. The average Bonchev–Trinajstić information content (AvgIpc) is 3.74. The molecule has 2 heteroatoms. The molecule has 51 heavy (non-hydrogen) atoms. The van der Waals surface area contributed by atoms with Gasteiger partial charge in [-0.05, 0) is 80.9 Å². The Morgan fingerprint density at radius 3 is 1.57 bits per heavy atom. The molecule has 0 saturated carbocycles. The number of fused-ring (bicyclic) bond motifs is 6. The molecule has 0 saturated heterocycles. The van der Waals surface area contributed by atoms with Crippen LogP contribution in [0.15, 0.2) is 205 Å². The Hall–Kier alpha value is -6.64. The molecule has 1 aliphatic rings. The van der Waals surface area contributed by atoms with Gasteiger partial charge >= 0.3 is 0 Å². The lowest BCUT2D eigenvalue weighted by Gasteiger charge is -2.34. The zero-order valence-corrected chi connectivity index (χ0v) is 27.9. The third-order valence-corrected chi connectivity index (χ3v) is 10.6. The van der Waals surface area contributed by atoms with Gasteiger partial charge in [0.1, 0.15) is 5.58 Å². The molecule has 0 N–H and O–H groups in total. The van der Waals surface area contributed by atoms with Crippen molar-refractivity contribution in [2.45, 2.75) is 5.41 Å². The largest absolute Gasteiger partial charge is 0.454 e. The van der Waals surface area contributed by atoms with Crippen LogP contribution in [-0.4, -0.2) is 0 Å². The number of hydrogen-bond donors (Lipinski definition) is 0. The first-order valence-electron chi connectivity index (χ1n) is 17.5. The number of para-hydroxylation sites is 2. The molecule has 0 atom stereocenters. The summed E-state index contributed by atoms with van der Waals surface area (Å²) in [5.41, 5.74) is 14.5. The normalized spacial score (nSPS) is 12.9. The maximum atomic E-state index is 6.62. The minimum absolute atomic E-state index is 0.451. The maximum absolute atomic E-state index is 6.62. The predicted molar refractivity (Wildman–Crippen MR) is 211 cm³/mol. The van der Waals surface area contributed by atoms with Gasteiger partial charge in [0, 0.05) is 22.1 Å². The molecule has 0 bridgehead atoms. The van der Waals surface area contributed by atoms with Gasteiger partial charge in [-0.1, -0.05) is 164 Å². The van der Waals surface area contributed by atoms with Crippen molar-refractivity contribution in [1.29, 1.82) is 0 Å². The predicted octanol–water partition coefficient (Wildman–Crippen LogP) is 13.1. The van der Waals surface area contributed by atoms with Gasteiger partial charge in [0.2, 0.25) is 0 Å². The molecule has 1 aromatic heterocycles. The lowest BCUT2D eigenvalue weighted by atomic mass is 9.68. The zero-order chi connectivity index (χ0) is 33.8. The Morgan fingerprint density at radius 2 is 0.882 bits per heavy atom. The summed E-state index contributed by atoms with van der Waals surface area (Å²) in [5, 5.41) is 2.22. The van der Waals surface area contributed by atoms with E-state index in [1.165, 1.54) is 44.5 Å². The molecule has 1 heterocycles. The fourth-order valence-corrected chi connectivity index (χ4v) is 8.34. The van der Waals surface area contributed by atoms with Crippen molar-refractivity contribution >= 4 is 39.0 Å². The van der Waals surface area contributed by atoms with Crippen molar-refractivity contribution in [2.24, 2.45) is 0 Å². The quantitative estimate of drug-likeness (QED) is 0.178. The number of nitrogens with zero attached hydrogens (tertiary/aromatic N) is 1. The second-order valence-corrected chi connectivity index (χ2v) is 13.3. The first kappa shape index (κ1) is 29.3. The molecular weight excluding hydrogens is 619 g/mol. The lowest BCUT2D eigenvalue weighted by Crippen LogP contribution is -2.28. The molecule has 0 fully saturated rings. The molecule has 8 aromatic carbocycles. The van der Waals surface area contributed by atoms with E-state index in [0.717, 1.165) is 39.0 Å². The molecular formula is C49H33NO. The van der Waals surface area contributed by atoms with E-state index >= 15 is 0 Å². The van der Waals surface area contributed by atoms with Crippen molar-refractivity contribution in [3.05, 3.63) is 222 Å². The summed E-state index contributed by atoms with van der Waals surface area (Å²) in [4.78, 5) is 2.33. The van der Waals surface area contributed by atoms with E-state index in [9.17, 15) is 0 Å². The van der Waals surface area contributed by atoms with Gasteiger partial charge in [0.15, 0.2) is 5.58 Å². The van der Waals surface area contributed by atoms with Crippen LogP contribution in [0.25, 0.3) is 44.2 Å². The minimum atomic E-state index is -0.451. The Morgan fingerprint density at radius 1 is 0.373 bits per heavy atom. The molecule has 0 radical (unpaired) electrons. The van der Waals surface area contributed by atoms with Crippen LogP contribution in [0.3, 0.4) is 0 Å². The fourth-order valence-electron chi connectivity index (χ4n) is 8.34. The van der Waals surface area contributed by atoms with Gasteiger partial charge in [-0.15, -0.1) is 0 Å². The number of benzene rings is 8. The molecule has 2 nitrogen and oxygen atoms in total. The van der Waals surface area contributed by atoms with E-state index in [-0.39, 0.29) is 0 Å². The first-order valence-corrected chi connectivity index (χ1v) is 17.5. The summed E-state index contributed by atoms with van der Waals surface area (Å²) in [6.45, 7) is 0.